The maximum Gasteiger partial charge on any atom is 0.179 e. The van der Waals surface area contributed by atoms with E-state index in [-0.39, 0.29) is 0 Å². The van der Waals surface area contributed by atoms with Crippen LogP contribution in [0.2, 0.25) is 16.6 Å². The second-order valence-corrected chi connectivity index (χ2v) is 17.0. The van der Waals surface area contributed by atoms with Crippen LogP contribution < -0.4 is 10.6 Å². The Labute approximate surface area is 171 Å². The summed E-state index contributed by atoms with van der Waals surface area (Å²) in [5, 5.41) is 2.61. The van der Waals surface area contributed by atoms with E-state index < -0.39 is 15.2 Å². The van der Waals surface area contributed by atoms with Gasteiger partial charge in [-0.05, 0) is 28.3 Å². The van der Waals surface area contributed by atoms with Crippen LogP contribution in [-0.4, -0.2) is 8.07 Å². The maximum absolute atomic E-state index is 14.4. The highest BCUT2D eigenvalue weighted by atomic mass is 31.2. The van der Waals surface area contributed by atoms with Crippen molar-refractivity contribution < 1.29 is 4.57 Å². The van der Waals surface area contributed by atoms with E-state index in [1.165, 1.54) is 0 Å². The highest BCUT2D eigenvalue weighted by molar-refractivity contribution is 7.83. The quantitative estimate of drug-likeness (QED) is 0.318. The lowest BCUT2D eigenvalue weighted by molar-refractivity contribution is 0.591. The maximum atomic E-state index is 14.4. The highest BCUT2D eigenvalue weighted by Crippen LogP contribution is 2.56. The molecular formula is C25H31OPSi. The molecule has 1 nitrogen and oxygen atoms in total. The van der Waals surface area contributed by atoms with Gasteiger partial charge in [0, 0.05) is 10.6 Å². The summed E-state index contributed by atoms with van der Waals surface area (Å²) < 4.78 is 14.4. The lowest BCUT2D eigenvalue weighted by atomic mass is 10.2. The number of hydrogen-bond donors (Lipinski definition) is 0. The van der Waals surface area contributed by atoms with Crippen molar-refractivity contribution in [2.24, 2.45) is 0 Å². The first-order valence-corrected chi connectivity index (χ1v) is 14.2. The van der Waals surface area contributed by atoms with Gasteiger partial charge in [0.2, 0.25) is 0 Å². The van der Waals surface area contributed by atoms with Crippen LogP contribution in [0.3, 0.4) is 0 Å². The van der Waals surface area contributed by atoms with Gasteiger partial charge in [-0.15, -0.1) is 5.54 Å². The van der Waals surface area contributed by atoms with Crippen LogP contribution in [0.25, 0.3) is 6.08 Å². The average molecular weight is 407 g/mol. The third-order valence-corrected chi connectivity index (χ3v) is 15.6. The molecule has 1 aliphatic rings. The molecule has 3 heteroatoms. The molecule has 1 unspecified atom stereocenters. The van der Waals surface area contributed by atoms with Crippen LogP contribution in [0, 0.1) is 11.5 Å². The van der Waals surface area contributed by atoms with Gasteiger partial charge in [-0.2, -0.15) is 0 Å². The van der Waals surface area contributed by atoms with Crippen LogP contribution >= 0.6 is 7.14 Å². The van der Waals surface area contributed by atoms with Crippen molar-refractivity contribution in [3.05, 3.63) is 65.5 Å². The molecule has 28 heavy (non-hydrogen) atoms. The Hall–Kier alpha value is -1.81. The Kier molecular flexibility index (Phi) is 5.90. The van der Waals surface area contributed by atoms with Gasteiger partial charge < -0.3 is 4.57 Å². The minimum atomic E-state index is -2.89. The van der Waals surface area contributed by atoms with Gasteiger partial charge in [0.25, 0.3) is 0 Å². The molecule has 0 saturated carbocycles. The summed E-state index contributed by atoms with van der Waals surface area (Å²) >= 11 is 0. The van der Waals surface area contributed by atoms with Gasteiger partial charge in [0.05, 0.1) is 5.31 Å². The first kappa shape index (κ1) is 20.9. The molecule has 0 saturated heterocycles. The largest absolute Gasteiger partial charge is 0.308 e. The fraction of sp³-hybridized carbons (Fsp3) is 0.360. The van der Waals surface area contributed by atoms with E-state index in [1.807, 2.05) is 48.5 Å². The van der Waals surface area contributed by atoms with Crippen molar-refractivity contribution in [3.63, 3.8) is 0 Å². The van der Waals surface area contributed by atoms with E-state index in [0.717, 1.165) is 21.5 Å². The van der Waals surface area contributed by atoms with Crippen LogP contribution in [0.5, 0.6) is 0 Å². The molecule has 0 N–H and O–H groups in total. The van der Waals surface area contributed by atoms with Crippen molar-refractivity contribution in [2.45, 2.75) is 58.2 Å². The number of hydrogen-bond acceptors (Lipinski definition) is 1. The zero-order chi connectivity index (χ0) is 20.5. The number of benzene rings is 2. The van der Waals surface area contributed by atoms with Crippen molar-refractivity contribution >= 4 is 31.9 Å². The van der Waals surface area contributed by atoms with E-state index in [0.29, 0.717) is 16.6 Å². The molecule has 0 fully saturated rings. The Morgan fingerprint density at radius 2 is 1.32 bits per heavy atom. The van der Waals surface area contributed by atoms with E-state index in [9.17, 15) is 4.57 Å². The fourth-order valence-electron chi connectivity index (χ4n) is 4.90. The first-order valence-electron chi connectivity index (χ1n) is 10.2. The van der Waals surface area contributed by atoms with Crippen molar-refractivity contribution in [2.75, 3.05) is 0 Å². The summed E-state index contributed by atoms with van der Waals surface area (Å²) in [6.45, 7) is 13.9. The standard InChI is InChI=1S/C25H31OPSi/c1-19(2)28(20(3)4,21(5)6)17-16-24-18-22-12-10-11-15-25(22)27(24,26)23-13-8-7-9-14-23/h7-15,18-21H,1-6H3. The van der Waals surface area contributed by atoms with Crippen LogP contribution in [0.1, 0.15) is 47.1 Å². The molecule has 2 aromatic rings. The molecule has 0 bridgehead atoms. The Bertz CT molecular complexity index is 968. The SMILES string of the molecule is CC(C)[Si](C#CC1=Cc2ccccc2P1(=O)c1ccccc1)(C(C)C)C(C)C. The highest BCUT2D eigenvalue weighted by Gasteiger charge is 2.43. The monoisotopic (exact) mass is 406 g/mol. The number of allylic oxidation sites excluding steroid dienone is 1. The summed E-state index contributed by atoms with van der Waals surface area (Å²) in [4.78, 5) is 0. The third kappa shape index (κ3) is 3.26. The Balaban J connectivity index is 2.20. The number of fused-ring (bicyclic) bond motifs is 1. The second kappa shape index (κ2) is 7.90. The van der Waals surface area contributed by atoms with Crippen molar-refractivity contribution in [1.29, 1.82) is 0 Å². The number of rotatable bonds is 4. The van der Waals surface area contributed by atoms with E-state index in [1.54, 1.807) is 0 Å². The summed E-state index contributed by atoms with van der Waals surface area (Å²) in [5.41, 5.74) is 6.50. The fourth-order valence-corrected chi connectivity index (χ4v) is 13.0. The van der Waals surface area contributed by atoms with Gasteiger partial charge in [-0.25, -0.2) is 0 Å². The first-order chi connectivity index (χ1) is 13.2. The van der Waals surface area contributed by atoms with Crippen LogP contribution in [0.15, 0.2) is 59.9 Å². The molecule has 0 radical (unpaired) electrons. The average Bonchev–Trinajstić information content (AvgIpc) is 2.96. The molecule has 3 rings (SSSR count). The Morgan fingerprint density at radius 3 is 1.89 bits per heavy atom. The minimum Gasteiger partial charge on any atom is -0.308 e. The third-order valence-electron chi connectivity index (χ3n) is 6.30. The van der Waals surface area contributed by atoms with E-state index in [2.05, 4.69) is 65.1 Å². The van der Waals surface area contributed by atoms with Gasteiger partial charge in [0.15, 0.2) is 7.14 Å². The van der Waals surface area contributed by atoms with Gasteiger partial charge in [-0.1, -0.05) is 102 Å². The lowest BCUT2D eigenvalue weighted by Crippen LogP contribution is -2.43. The molecule has 2 aromatic carbocycles. The normalized spacial score (nSPS) is 18.8. The predicted molar refractivity (Wildman–Crippen MR) is 127 cm³/mol. The molecular weight excluding hydrogens is 375 g/mol. The van der Waals surface area contributed by atoms with Gasteiger partial charge >= 0.3 is 0 Å². The minimum absolute atomic E-state index is 0.556. The van der Waals surface area contributed by atoms with Crippen molar-refractivity contribution in [1.82, 2.24) is 0 Å². The molecule has 146 valence electrons. The molecule has 0 spiro atoms. The predicted octanol–water partition coefficient (Wildman–Crippen LogP) is 6.58. The van der Waals surface area contributed by atoms with Crippen LogP contribution in [0.4, 0.5) is 0 Å². The van der Waals surface area contributed by atoms with Crippen LogP contribution in [-0.2, 0) is 4.57 Å². The summed E-state index contributed by atoms with van der Waals surface area (Å²) in [6.07, 6.45) is 2.07. The zero-order valence-electron chi connectivity index (χ0n) is 17.9. The van der Waals surface area contributed by atoms with E-state index >= 15 is 0 Å². The summed E-state index contributed by atoms with van der Waals surface area (Å²) in [7, 11) is -4.77. The summed E-state index contributed by atoms with van der Waals surface area (Å²) in [6, 6.07) is 17.9. The molecule has 1 aliphatic heterocycles. The molecule has 0 amide bonds. The molecule has 1 atom stereocenters. The molecule has 0 aromatic heterocycles. The lowest BCUT2D eigenvalue weighted by Gasteiger charge is -2.38. The summed E-state index contributed by atoms with van der Waals surface area (Å²) in [5.74, 6) is 3.51. The smallest absolute Gasteiger partial charge is 0.179 e. The zero-order valence-corrected chi connectivity index (χ0v) is 19.8. The molecule has 0 aliphatic carbocycles. The second-order valence-electron chi connectivity index (χ2n) is 8.68. The Morgan fingerprint density at radius 1 is 0.786 bits per heavy atom. The topological polar surface area (TPSA) is 17.1 Å². The van der Waals surface area contributed by atoms with Gasteiger partial charge in [-0.3, -0.25) is 0 Å². The van der Waals surface area contributed by atoms with Crippen molar-refractivity contribution in [3.8, 4) is 11.5 Å². The van der Waals surface area contributed by atoms with Gasteiger partial charge in [0.1, 0.15) is 8.07 Å². The van der Waals surface area contributed by atoms with E-state index in [4.69, 9.17) is 0 Å². The molecule has 1 heterocycles.